The molecule has 18 nitrogen and oxygen atoms in total. The zero-order valence-corrected chi connectivity index (χ0v) is 47.9. The molecule has 3 aromatic heterocycles. The molecule has 9 rings (SSSR count). The Kier molecular flexibility index (Phi) is 20.4. The zero-order chi connectivity index (χ0) is 59.5. The Labute approximate surface area is 486 Å². The van der Waals surface area contributed by atoms with Crippen molar-refractivity contribution >= 4 is 40.6 Å². The number of alkyl halides is 3. The number of ether oxygens (including phenoxy) is 3. The van der Waals surface area contributed by atoms with Gasteiger partial charge in [0.15, 0.2) is 5.65 Å². The molecule has 22 heteroatoms. The third-order valence-corrected chi connectivity index (χ3v) is 17.0. The summed E-state index contributed by atoms with van der Waals surface area (Å²) in [5, 5.41) is 6.36. The van der Waals surface area contributed by atoms with Crippen molar-refractivity contribution < 1.29 is 55.7 Å². The zero-order valence-electron chi connectivity index (χ0n) is 47.9. The minimum Gasteiger partial charge on any atom is -0.494 e. The Hall–Kier alpha value is -7.33. The van der Waals surface area contributed by atoms with Crippen molar-refractivity contribution in [2.24, 2.45) is 17.8 Å². The van der Waals surface area contributed by atoms with E-state index in [9.17, 15) is 46.3 Å². The Morgan fingerprint density at radius 1 is 0.857 bits per heavy atom. The van der Waals surface area contributed by atoms with Crippen LogP contribution in [0.3, 0.4) is 0 Å². The molecule has 0 unspecified atom stereocenters. The Morgan fingerprint density at radius 2 is 1.56 bits per heavy atom. The molecule has 5 heterocycles. The van der Waals surface area contributed by atoms with Crippen LogP contribution in [0.15, 0.2) is 90.1 Å². The minimum atomic E-state index is -4.98. The van der Waals surface area contributed by atoms with E-state index in [-0.39, 0.29) is 95.1 Å². The number of nitrogens with one attached hydrogen (secondary N) is 2. The normalized spacial score (nSPS) is 21.7. The van der Waals surface area contributed by atoms with Gasteiger partial charge < -0.3 is 39.5 Å². The summed E-state index contributed by atoms with van der Waals surface area (Å²) in [7, 11) is 1.71. The second-order valence-corrected chi connectivity index (χ2v) is 22.6. The number of hydrogen-bond acceptors (Lipinski definition) is 12. The van der Waals surface area contributed by atoms with Crippen LogP contribution >= 0.6 is 0 Å². The molecule has 2 saturated heterocycles. The molecule has 84 heavy (non-hydrogen) atoms. The van der Waals surface area contributed by atoms with Crippen LogP contribution in [0.5, 0.6) is 5.75 Å². The first-order chi connectivity index (χ1) is 40.4. The molecule has 2 N–H and O–H groups in total. The van der Waals surface area contributed by atoms with E-state index in [1.165, 1.54) is 15.7 Å². The number of carbonyl (C=O) groups is 5. The summed E-state index contributed by atoms with van der Waals surface area (Å²) < 4.78 is 75.2. The van der Waals surface area contributed by atoms with Crippen molar-refractivity contribution in [2.75, 3.05) is 53.0 Å². The van der Waals surface area contributed by atoms with Gasteiger partial charge in [0, 0.05) is 83.2 Å². The molecule has 2 saturated carbocycles. The van der Waals surface area contributed by atoms with Crippen molar-refractivity contribution in [3.05, 3.63) is 124 Å². The lowest BCUT2D eigenvalue weighted by atomic mass is 9.84. The number of nitrogens with zero attached hydrogens (tertiary/aromatic N) is 7. The number of benzene rings is 2. The monoisotopic (exact) mass is 1170 g/mol. The first-order valence-electron chi connectivity index (χ1n) is 29.5. The van der Waals surface area contributed by atoms with E-state index in [2.05, 4.69) is 20.6 Å². The van der Waals surface area contributed by atoms with E-state index in [0.29, 0.717) is 114 Å². The molecule has 0 radical (unpaired) electrons. The molecule has 4 aliphatic rings. The highest BCUT2D eigenvalue weighted by atomic mass is 19.4. The van der Waals surface area contributed by atoms with Crippen LogP contribution in [-0.2, 0) is 46.0 Å². The van der Waals surface area contributed by atoms with E-state index in [1.807, 2.05) is 17.9 Å². The molecule has 2 aliphatic carbocycles. The van der Waals surface area contributed by atoms with Crippen LogP contribution in [0, 0.1) is 23.6 Å². The molecule has 5 aromatic rings. The van der Waals surface area contributed by atoms with Crippen LogP contribution in [0.4, 0.5) is 17.6 Å². The van der Waals surface area contributed by atoms with E-state index >= 15 is 0 Å². The predicted molar refractivity (Wildman–Crippen MR) is 303 cm³/mol. The first kappa shape index (κ1) is 61.2. The fourth-order valence-corrected chi connectivity index (χ4v) is 12.4. The minimum absolute atomic E-state index is 0.0340. The lowest BCUT2D eigenvalue weighted by molar-refractivity contribution is -0.140. The Bertz CT molecular complexity index is 3140. The molecular formula is C62H75F4N9O9. The van der Waals surface area contributed by atoms with Gasteiger partial charge in [-0.1, -0.05) is 12.1 Å². The van der Waals surface area contributed by atoms with E-state index in [4.69, 9.17) is 19.2 Å². The smallest absolute Gasteiger partial charge is 0.419 e. The fourth-order valence-electron chi connectivity index (χ4n) is 12.4. The number of pyridine rings is 2. The van der Waals surface area contributed by atoms with E-state index in [0.717, 1.165) is 37.3 Å². The number of halogens is 4. The quantitative estimate of drug-likeness (QED) is 0.0496. The van der Waals surface area contributed by atoms with Gasteiger partial charge in [0.1, 0.15) is 17.4 Å². The van der Waals surface area contributed by atoms with Gasteiger partial charge in [0.2, 0.25) is 29.5 Å². The topological polar surface area (TPSA) is 207 Å². The molecule has 0 spiro atoms. The van der Waals surface area contributed by atoms with Crippen LogP contribution < -0.4 is 20.9 Å². The highest BCUT2D eigenvalue weighted by molar-refractivity contribution is 5.90. The Balaban J connectivity index is 0.712. The molecule has 4 fully saturated rings. The van der Waals surface area contributed by atoms with E-state index < -0.39 is 47.4 Å². The van der Waals surface area contributed by atoms with Crippen molar-refractivity contribution in [2.45, 2.75) is 140 Å². The summed E-state index contributed by atoms with van der Waals surface area (Å²) in [4.78, 5) is 99.8. The lowest BCUT2D eigenvalue weighted by Crippen LogP contribution is -2.47. The van der Waals surface area contributed by atoms with Crippen LogP contribution in [0.1, 0.15) is 132 Å². The van der Waals surface area contributed by atoms with Gasteiger partial charge in [-0.15, -0.1) is 0 Å². The van der Waals surface area contributed by atoms with E-state index in [1.54, 1.807) is 73.7 Å². The van der Waals surface area contributed by atoms with Crippen molar-refractivity contribution in [3.63, 3.8) is 0 Å². The SMILES string of the molecule is CCOc1ccc(-n2c([C@H](C)N(CC3CCN(C(=O)C4CCC(NC(=O)CCCOC5CCC(OCCNC(=O)[C@H]6CC(=O)N(C)[C@@H]6c6cccnc6)CC5)CC4)CC3)C(=O)Cc3ccc(F)c(C(F)(F)F)c3)nc3ncccc3c2=O)cc1. The summed E-state index contributed by atoms with van der Waals surface area (Å²) in [6.45, 7) is 6.15. The van der Waals surface area contributed by atoms with Crippen LogP contribution in [0.2, 0.25) is 0 Å². The average Bonchev–Trinajstić information content (AvgIpc) is 1.42. The number of hydrogen-bond donors (Lipinski definition) is 2. The first-order valence-corrected chi connectivity index (χ1v) is 29.5. The summed E-state index contributed by atoms with van der Waals surface area (Å²) in [6, 6.07) is 14.9. The molecule has 2 aliphatic heterocycles. The van der Waals surface area contributed by atoms with Gasteiger partial charge in [-0.05, 0) is 156 Å². The van der Waals surface area contributed by atoms with Crippen molar-refractivity contribution in [3.8, 4) is 11.4 Å². The maximum Gasteiger partial charge on any atom is 0.419 e. The summed E-state index contributed by atoms with van der Waals surface area (Å²) in [5.41, 5.74) is -0.530. The standard InChI is InChI=1S/C62H75F4N9O9/c1-4-82-46-18-16-45(17-19-46)75-58(71-57-49(61(75)81)9-6-28-68-57)39(2)74(55(78)35-41-11-24-52(63)51(34-41)62(64,65)66)38-40-25-30-73(31-26-40)60(80)42-12-14-44(15-13-42)70-53(76)10-7-32-83-47-20-22-48(23-21-47)84-33-29-69-59(79)50-36-54(77)72(3)56(50)43-8-5-27-67-37-43/h5-6,8-9,11,16-19,24,27-28,34,37,39-40,42,44,47-48,50,56H,4,7,10,12-15,20-23,25-26,29-33,35-36,38H2,1-3H3,(H,69,79)(H,70,76)/t39-,42?,44?,47?,48?,50-,56+/m0/s1. The van der Waals surface area contributed by atoms with Crippen molar-refractivity contribution in [1.29, 1.82) is 0 Å². The van der Waals surface area contributed by atoms with Gasteiger partial charge in [0.25, 0.3) is 5.56 Å². The summed E-state index contributed by atoms with van der Waals surface area (Å²) >= 11 is 0. The fraction of sp³-hybridized carbons (Fsp3) is 0.532. The highest BCUT2D eigenvalue weighted by Crippen LogP contribution is 2.38. The number of likely N-dealkylation sites (tertiary alicyclic amines) is 2. The third kappa shape index (κ3) is 15.1. The number of aromatic nitrogens is 4. The lowest BCUT2D eigenvalue weighted by Gasteiger charge is -2.39. The molecule has 3 atom stereocenters. The van der Waals surface area contributed by atoms with Crippen LogP contribution in [-0.4, -0.2) is 135 Å². The second-order valence-electron chi connectivity index (χ2n) is 22.6. The maximum atomic E-state index is 14.6. The number of fused-ring (bicyclic) bond motifs is 1. The Morgan fingerprint density at radius 3 is 2.24 bits per heavy atom. The molecule has 5 amide bonds. The summed E-state index contributed by atoms with van der Waals surface area (Å²) in [5.74, 6) is -2.34. The highest BCUT2D eigenvalue weighted by Gasteiger charge is 2.43. The average molecular weight is 1170 g/mol. The van der Waals surface area contributed by atoms with Gasteiger partial charge >= 0.3 is 6.18 Å². The van der Waals surface area contributed by atoms with Gasteiger partial charge in [0.05, 0.1) is 66.5 Å². The van der Waals surface area contributed by atoms with Gasteiger partial charge in [-0.25, -0.2) is 14.4 Å². The van der Waals surface area contributed by atoms with Gasteiger partial charge in [-0.2, -0.15) is 13.2 Å². The number of amides is 5. The predicted octanol–water partition coefficient (Wildman–Crippen LogP) is 8.24. The number of carbonyl (C=O) groups excluding carboxylic acids is 5. The molecule has 0 bridgehead atoms. The van der Waals surface area contributed by atoms with Crippen LogP contribution in [0.25, 0.3) is 16.7 Å². The van der Waals surface area contributed by atoms with Gasteiger partial charge in [-0.3, -0.25) is 38.3 Å². The third-order valence-electron chi connectivity index (χ3n) is 17.0. The molecule has 450 valence electrons. The number of rotatable bonds is 22. The van der Waals surface area contributed by atoms with Crippen molar-refractivity contribution in [1.82, 2.24) is 44.9 Å². The largest absolute Gasteiger partial charge is 0.494 e. The summed E-state index contributed by atoms with van der Waals surface area (Å²) in [6.07, 6.45) is 7.61. The number of piperidine rings is 1. The molecule has 2 aromatic carbocycles. The molecular weight excluding hydrogens is 1090 g/mol. The maximum absolute atomic E-state index is 14.6. The second kappa shape index (κ2) is 28.0.